The van der Waals surface area contributed by atoms with E-state index in [9.17, 15) is 5.11 Å². The Morgan fingerprint density at radius 1 is 1.41 bits per heavy atom. The van der Waals surface area contributed by atoms with Crippen LogP contribution in [0.2, 0.25) is 0 Å². The summed E-state index contributed by atoms with van der Waals surface area (Å²) in [6.07, 6.45) is 7.60. The average molecular weight is 236 g/mol. The Balaban J connectivity index is 1.91. The molecule has 0 spiro atoms. The molecule has 2 aliphatic heterocycles. The van der Waals surface area contributed by atoms with Crippen LogP contribution in [0.3, 0.4) is 0 Å². The molecule has 0 aliphatic carbocycles. The summed E-state index contributed by atoms with van der Waals surface area (Å²) < 4.78 is 7.83. The zero-order valence-corrected chi connectivity index (χ0v) is 10.1. The number of hydrogen-bond acceptors (Lipinski definition) is 3. The van der Waals surface area contributed by atoms with Gasteiger partial charge >= 0.3 is 0 Å². The lowest BCUT2D eigenvalue weighted by molar-refractivity contribution is 0.0752. The van der Waals surface area contributed by atoms with Crippen LogP contribution < -0.4 is 0 Å². The van der Waals surface area contributed by atoms with E-state index in [1.54, 1.807) is 0 Å². The summed E-state index contributed by atoms with van der Waals surface area (Å²) in [6, 6.07) is 0.234. The fourth-order valence-electron chi connectivity index (χ4n) is 3.09. The molecule has 0 amide bonds. The van der Waals surface area contributed by atoms with Crippen LogP contribution in [0.4, 0.5) is 0 Å². The fourth-order valence-corrected chi connectivity index (χ4v) is 3.09. The van der Waals surface area contributed by atoms with E-state index in [2.05, 4.69) is 9.55 Å². The summed E-state index contributed by atoms with van der Waals surface area (Å²) in [7, 11) is 0. The fraction of sp³-hybridized carbons (Fsp3) is 0.769. The summed E-state index contributed by atoms with van der Waals surface area (Å²) in [5.41, 5.74) is 1.29. The van der Waals surface area contributed by atoms with Gasteiger partial charge in [0, 0.05) is 24.4 Å². The Hall–Kier alpha value is -0.870. The predicted molar refractivity (Wildman–Crippen MR) is 64.1 cm³/mol. The van der Waals surface area contributed by atoms with E-state index in [1.807, 2.05) is 6.20 Å². The molecule has 1 fully saturated rings. The van der Waals surface area contributed by atoms with E-state index >= 15 is 0 Å². The molecule has 1 saturated heterocycles. The van der Waals surface area contributed by atoms with Crippen molar-refractivity contribution in [3.8, 4) is 0 Å². The van der Waals surface area contributed by atoms with Gasteiger partial charge in [-0.05, 0) is 32.1 Å². The first kappa shape index (κ1) is 11.2. The van der Waals surface area contributed by atoms with Gasteiger partial charge in [0.1, 0.15) is 5.82 Å². The van der Waals surface area contributed by atoms with Crippen LogP contribution in [0.25, 0.3) is 0 Å². The largest absolute Gasteiger partial charge is 0.394 e. The van der Waals surface area contributed by atoms with E-state index < -0.39 is 0 Å². The second-order valence-corrected chi connectivity index (χ2v) is 5.12. The number of aliphatic hydroxyl groups is 1. The van der Waals surface area contributed by atoms with Gasteiger partial charge < -0.3 is 14.4 Å². The summed E-state index contributed by atoms with van der Waals surface area (Å²) in [5, 5.41) is 9.50. The van der Waals surface area contributed by atoms with Crippen molar-refractivity contribution in [2.75, 3.05) is 19.8 Å². The summed E-state index contributed by atoms with van der Waals surface area (Å²) >= 11 is 0. The summed E-state index contributed by atoms with van der Waals surface area (Å²) in [6.45, 7) is 1.89. The van der Waals surface area contributed by atoms with Crippen LogP contribution in [-0.2, 0) is 11.2 Å². The minimum atomic E-state index is 0.226. The van der Waals surface area contributed by atoms with Crippen LogP contribution in [-0.4, -0.2) is 34.5 Å². The van der Waals surface area contributed by atoms with Crippen LogP contribution in [0.1, 0.15) is 49.2 Å². The lowest BCUT2D eigenvalue weighted by Crippen LogP contribution is -2.26. The van der Waals surface area contributed by atoms with Gasteiger partial charge in [-0.25, -0.2) is 4.98 Å². The maximum absolute atomic E-state index is 9.50. The molecule has 17 heavy (non-hydrogen) atoms. The number of aliphatic hydroxyl groups excluding tert-OH is 1. The van der Waals surface area contributed by atoms with Gasteiger partial charge in [0.15, 0.2) is 0 Å². The SMILES string of the molecule is OCC1CCCc2cnc(C3CCCOC3)n21. The Morgan fingerprint density at radius 3 is 3.12 bits per heavy atom. The number of nitrogens with zero attached hydrogens (tertiary/aromatic N) is 2. The molecule has 2 aliphatic rings. The highest BCUT2D eigenvalue weighted by molar-refractivity contribution is 5.14. The quantitative estimate of drug-likeness (QED) is 0.849. The standard InChI is InChI=1S/C13H20N2O2/c16-8-12-5-1-4-11-7-14-13(15(11)12)10-3-2-6-17-9-10/h7,10,12,16H,1-6,8-9H2. The molecule has 3 rings (SSSR count). The maximum atomic E-state index is 9.50. The van der Waals surface area contributed by atoms with Crippen LogP contribution >= 0.6 is 0 Å². The van der Waals surface area contributed by atoms with Crippen molar-refractivity contribution >= 4 is 0 Å². The lowest BCUT2D eigenvalue weighted by Gasteiger charge is -2.29. The third-order valence-corrected chi connectivity index (χ3v) is 3.97. The second-order valence-electron chi connectivity index (χ2n) is 5.12. The van der Waals surface area contributed by atoms with Crippen molar-refractivity contribution in [2.24, 2.45) is 0 Å². The molecule has 3 heterocycles. The lowest BCUT2D eigenvalue weighted by atomic mass is 9.98. The van der Waals surface area contributed by atoms with Crippen molar-refractivity contribution in [2.45, 2.75) is 44.1 Å². The van der Waals surface area contributed by atoms with E-state index in [0.29, 0.717) is 5.92 Å². The molecule has 2 atom stereocenters. The third kappa shape index (κ3) is 2.00. The average Bonchev–Trinajstić information content (AvgIpc) is 2.83. The Kier molecular flexibility index (Phi) is 3.16. The van der Waals surface area contributed by atoms with Crippen LogP contribution in [0.15, 0.2) is 6.20 Å². The molecule has 1 aromatic rings. The molecular weight excluding hydrogens is 216 g/mol. The number of hydrogen-bond donors (Lipinski definition) is 1. The molecule has 0 radical (unpaired) electrons. The highest BCUT2D eigenvalue weighted by Crippen LogP contribution is 2.32. The monoisotopic (exact) mass is 236 g/mol. The Morgan fingerprint density at radius 2 is 2.35 bits per heavy atom. The molecule has 1 aromatic heterocycles. The normalized spacial score (nSPS) is 29.0. The zero-order chi connectivity index (χ0) is 11.7. The predicted octanol–water partition coefficient (Wildman–Crippen LogP) is 1.65. The minimum Gasteiger partial charge on any atom is -0.394 e. The van der Waals surface area contributed by atoms with Gasteiger partial charge in [-0.15, -0.1) is 0 Å². The maximum Gasteiger partial charge on any atom is 0.114 e. The Labute approximate surface area is 102 Å². The van der Waals surface area contributed by atoms with Crippen molar-refractivity contribution < 1.29 is 9.84 Å². The van der Waals surface area contributed by atoms with Gasteiger partial charge in [-0.2, -0.15) is 0 Å². The highest BCUT2D eigenvalue weighted by atomic mass is 16.5. The van der Waals surface area contributed by atoms with E-state index in [1.165, 1.54) is 5.69 Å². The van der Waals surface area contributed by atoms with Crippen molar-refractivity contribution in [1.29, 1.82) is 0 Å². The topological polar surface area (TPSA) is 47.3 Å². The van der Waals surface area contributed by atoms with Gasteiger partial charge in [0.25, 0.3) is 0 Å². The molecule has 4 heteroatoms. The Bertz CT molecular complexity index is 383. The molecule has 0 aromatic carbocycles. The first-order chi connectivity index (χ1) is 8.40. The van der Waals surface area contributed by atoms with E-state index in [-0.39, 0.29) is 12.6 Å². The number of fused-ring (bicyclic) bond motifs is 1. The second kappa shape index (κ2) is 4.78. The van der Waals surface area contributed by atoms with Crippen LogP contribution in [0.5, 0.6) is 0 Å². The van der Waals surface area contributed by atoms with Crippen molar-refractivity contribution in [3.05, 3.63) is 17.7 Å². The van der Waals surface area contributed by atoms with Crippen LogP contribution in [0, 0.1) is 0 Å². The molecule has 1 N–H and O–H groups in total. The first-order valence-corrected chi connectivity index (χ1v) is 6.64. The smallest absolute Gasteiger partial charge is 0.114 e. The number of imidazole rings is 1. The molecule has 94 valence electrons. The number of aryl methyl sites for hydroxylation is 1. The molecular formula is C13H20N2O2. The van der Waals surface area contributed by atoms with Gasteiger partial charge in [0.2, 0.25) is 0 Å². The first-order valence-electron chi connectivity index (χ1n) is 6.64. The number of aromatic nitrogens is 2. The third-order valence-electron chi connectivity index (χ3n) is 3.97. The van der Waals surface area contributed by atoms with Gasteiger partial charge in [-0.1, -0.05) is 0 Å². The van der Waals surface area contributed by atoms with Gasteiger partial charge in [0.05, 0.1) is 19.3 Å². The van der Waals surface area contributed by atoms with Crippen molar-refractivity contribution in [3.63, 3.8) is 0 Å². The highest BCUT2D eigenvalue weighted by Gasteiger charge is 2.27. The van der Waals surface area contributed by atoms with Gasteiger partial charge in [-0.3, -0.25) is 0 Å². The summed E-state index contributed by atoms with van der Waals surface area (Å²) in [4.78, 5) is 4.59. The van der Waals surface area contributed by atoms with E-state index in [0.717, 1.165) is 51.1 Å². The van der Waals surface area contributed by atoms with Crippen molar-refractivity contribution in [1.82, 2.24) is 9.55 Å². The number of ether oxygens (including phenoxy) is 1. The van der Waals surface area contributed by atoms with E-state index in [4.69, 9.17) is 4.74 Å². The number of rotatable bonds is 2. The molecule has 0 bridgehead atoms. The summed E-state index contributed by atoms with van der Waals surface area (Å²) in [5.74, 6) is 1.56. The molecule has 0 saturated carbocycles. The minimum absolute atomic E-state index is 0.226. The zero-order valence-electron chi connectivity index (χ0n) is 10.1. The molecule has 2 unspecified atom stereocenters. The molecule has 4 nitrogen and oxygen atoms in total.